The number of aromatic nitrogens is 1. The normalized spacial score (nSPS) is 18.5. The molecule has 1 aliphatic heterocycles. The van der Waals surface area contributed by atoms with Gasteiger partial charge in [0.15, 0.2) is 11.5 Å². The molecule has 26 heavy (non-hydrogen) atoms. The van der Waals surface area contributed by atoms with E-state index in [9.17, 15) is 13.2 Å². The van der Waals surface area contributed by atoms with Crippen LogP contribution in [0.2, 0.25) is 0 Å². The highest BCUT2D eigenvalue weighted by atomic mass is 32.2. The molecule has 8 heteroatoms. The standard InChI is InChI=1S/C18H25N3O4S/c1-3-5-11-26(23,24)21-10-6-7-15(21)18(22)19-13-8-9-16-14(12-13)20-17(4-2)25-16/h8-9,12,15H,3-7,10-11H2,1-2H3,(H,19,22)/t15-/m0/s1. The molecule has 0 saturated carbocycles. The molecule has 0 spiro atoms. The quantitative estimate of drug-likeness (QED) is 0.798. The Morgan fingerprint density at radius 2 is 2.19 bits per heavy atom. The first-order valence-corrected chi connectivity index (χ1v) is 10.8. The van der Waals surface area contributed by atoms with Crippen molar-refractivity contribution in [3.8, 4) is 0 Å². The molecule has 1 N–H and O–H groups in total. The van der Waals surface area contributed by atoms with Crippen molar-refractivity contribution < 1.29 is 17.6 Å². The van der Waals surface area contributed by atoms with Gasteiger partial charge in [-0.15, -0.1) is 0 Å². The molecule has 7 nitrogen and oxygen atoms in total. The minimum absolute atomic E-state index is 0.0952. The van der Waals surface area contributed by atoms with Crippen molar-refractivity contribution in [2.24, 2.45) is 0 Å². The molecule has 2 heterocycles. The second-order valence-corrected chi connectivity index (χ2v) is 8.61. The lowest BCUT2D eigenvalue weighted by atomic mass is 10.2. The van der Waals surface area contributed by atoms with Crippen molar-refractivity contribution in [2.45, 2.75) is 52.0 Å². The highest BCUT2D eigenvalue weighted by Crippen LogP contribution is 2.25. The van der Waals surface area contributed by atoms with E-state index in [-0.39, 0.29) is 11.7 Å². The number of hydrogen-bond acceptors (Lipinski definition) is 5. The van der Waals surface area contributed by atoms with Crippen LogP contribution in [0.1, 0.15) is 45.4 Å². The van der Waals surface area contributed by atoms with Crippen LogP contribution in [-0.4, -0.2) is 42.0 Å². The third-order valence-electron chi connectivity index (χ3n) is 4.62. The number of amides is 1. The van der Waals surface area contributed by atoms with Gasteiger partial charge >= 0.3 is 0 Å². The predicted octanol–water partition coefficient (Wildman–Crippen LogP) is 2.92. The molecule has 1 amide bonds. The summed E-state index contributed by atoms with van der Waals surface area (Å²) in [6.45, 7) is 4.32. The summed E-state index contributed by atoms with van der Waals surface area (Å²) in [6.07, 6.45) is 3.36. The van der Waals surface area contributed by atoms with Crippen molar-refractivity contribution in [3.05, 3.63) is 24.1 Å². The number of hydrogen-bond donors (Lipinski definition) is 1. The Bertz CT molecular complexity index is 891. The fourth-order valence-electron chi connectivity index (χ4n) is 3.21. The van der Waals surface area contributed by atoms with Gasteiger partial charge in [-0.25, -0.2) is 13.4 Å². The second-order valence-electron chi connectivity index (χ2n) is 6.57. The van der Waals surface area contributed by atoms with E-state index in [1.807, 2.05) is 13.8 Å². The number of nitrogens with one attached hydrogen (secondary N) is 1. The van der Waals surface area contributed by atoms with Gasteiger partial charge in [0.25, 0.3) is 0 Å². The summed E-state index contributed by atoms with van der Waals surface area (Å²) in [6, 6.07) is 4.62. The number of unbranched alkanes of at least 4 members (excludes halogenated alkanes) is 1. The van der Waals surface area contributed by atoms with Gasteiger partial charge in [-0.2, -0.15) is 4.31 Å². The van der Waals surface area contributed by atoms with Crippen LogP contribution in [0, 0.1) is 0 Å². The molecule has 0 bridgehead atoms. The van der Waals surface area contributed by atoms with Crippen molar-refractivity contribution in [1.29, 1.82) is 0 Å². The maximum absolute atomic E-state index is 12.7. The number of aryl methyl sites for hydroxylation is 1. The van der Waals surface area contributed by atoms with E-state index in [1.165, 1.54) is 4.31 Å². The lowest BCUT2D eigenvalue weighted by Gasteiger charge is -2.23. The van der Waals surface area contributed by atoms with Crippen molar-refractivity contribution in [2.75, 3.05) is 17.6 Å². The molecular weight excluding hydrogens is 354 g/mol. The number of anilines is 1. The van der Waals surface area contributed by atoms with Gasteiger partial charge in [-0.3, -0.25) is 4.79 Å². The van der Waals surface area contributed by atoms with E-state index in [4.69, 9.17) is 4.42 Å². The number of fused-ring (bicyclic) bond motifs is 1. The van der Waals surface area contributed by atoms with E-state index in [0.29, 0.717) is 54.9 Å². The first-order chi connectivity index (χ1) is 12.4. The third kappa shape index (κ3) is 3.91. The number of carbonyl (C=O) groups is 1. The zero-order valence-corrected chi connectivity index (χ0v) is 16.0. The largest absolute Gasteiger partial charge is 0.441 e. The van der Waals surface area contributed by atoms with E-state index >= 15 is 0 Å². The van der Waals surface area contributed by atoms with Crippen molar-refractivity contribution in [3.63, 3.8) is 0 Å². The first kappa shape index (κ1) is 18.8. The second kappa shape index (κ2) is 7.75. The maximum atomic E-state index is 12.7. The molecule has 1 aromatic carbocycles. The summed E-state index contributed by atoms with van der Waals surface area (Å²) in [5.74, 6) is 0.450. The topological polar surface area (TPSA) is 92.5 Å². The summed E-state index contributed by atoms with van der Waals surface area (Å²) >= 11 is 0. The van der Waals surface area contributed by atoms with Gasteiger partial charge in [0.2, 0.25) is 15.9 Å². The highest BCUT2D eigenvalue weighted by Gasteiger charge is 2.38. The van der Waals surface area contributed by atoms with Gasteiger partial charge in [-0.1, -0.05) is 20.3 Å². The fraction of sp³-hybridized carbons (Fsp3) is 0.556. The maximum Gasteiger partial charge on any atom is 0.242 e. The lowest BCUT2D eigenvalue weighted by molar-refractivity contribution is -0.119. The number of sulfonamides is 1. The summed E-state index contributed by atoms with van der Waals surface area (Å²) in [5.41, 5.74) is 1.94. The molecule has 1 atom stereocenters. The van der Waals surface area contributed by atoms with Crippen LogP contribution in [0.4, 0.5) is 5.69 Å². The molecule has 1 aromatic heterocycles. The summed E-state index contributed by atoms with van der Waals surface area (Å²) in [4.78, 5) is 17.0. The molecule has 3 rings (SSSR count). The minimum atomic E-state index is -3.40. The summed E-state index contributed by atoms with van der Waals surface area (Å²) in [7, 11) is -3.40. The summed E-state index contributed by atoms with van der Waals surface area (Å²) in [5, 5.41) is 2.83. The molecule has 1 aliphatic rings. The zero-order valence-electron chi connectivity index (χ0n) is 15.2. The molecular formula is C18H25N3O4S. The SMILES string of the molecule is CCCCS(=O)(=O)N1CCC[C@H]1C(=O)Nc1ccc2oc(CC)nc2c1. The Morgan fingerprint density at radius 3 is 2.92 bits per heavy atom. The summed E-state index contributed by atoms with van der Waals surface area (Å²) < 4.78 is 31.9. The van der Waals surface area contributed by atoms with Crippen LogP contribution < -0.4 is 5.32 Å². The number of benzene rings is 1. The number of carbonyl (C=O) groups excluding carboxylic acids is 1. The van der Waals surface area contributed by atoms with Crippen LogP contribution >= 0.6 is 0 Å². The van der Waals surface area contributed by atoms with Crippen LogP contribution in [0.25, 0.3) is 11.1 Å². The number of nitrogens with zero attached hydrogens (tertiary/aromatic N) is 2. The van der Waals surface area contributed by atoms with E-state index in [1.54, 1.807) is 18.2 Å². The minimum Gasteiger partial charge on any atom is -0.441 e. The highest BCUT2D eigenvalue weighted by molar-refractivity contribution is 7.89. The Hall–Kier alpha value is -1.93. The molecule has 142 valence electrons. The number of oxazole rings is 1. The van der Waals surface area contributed by atoms with Gasteiger partial charge in [0.1, 0.15) is 11.6 Å². The smallest absolute Gasteiger partial charge is 0.242 e. The van der Waals surface area contributed by atoms with Crippen LogP contribution in [0.5, 0.6) is 0 Å². The Labute approximate surface area is 153 Å². The van der Waals surface area contributed by atoms with Crippen LogP contribution in [0.15, 0.2) is 22.6 Å². The molecule has 0 radical (unpaired) electrons. The number of rotatable bonds is 7. The van der Waals surface area contributed by atoms with Gasteiger partial charge in [-0.05, 0) is 37.5 Å². The Morgan fingerprint density at radius 1 is 1.38 bits per heavy atom. The van der Waals surface area contributed by atoms with Gasteiger partial charge < -0.3 is 9.73 Å². The van der Waals surface area contributed by atoms with E-state index in [2.05, 4.69) is 10.3 Å². The zero-order chi connectivity index (χ0) is 18.7. The average molecular weight is 379 g/mol. The Kier molecular flexibility index (Phi) is 5.62. The van der Waals surface area contributed by atoms with Gasteiger partial charge in [0, 0.05) is 18.7 Å². The van der Waals surface area contributed by atoms with E-state index in [0.717, 1.165) is 6.42 Å². The predicted molar refractivity (Wildman–Crippen MR) is 100 cm³/mol. The molecule has 0 unspecified atom stereocenters. The lowest BCUT2D eigenvalue weighted by Crippen LogP contribution is -2.44. The monoisotopic (exact) mass is 379 g/mol. The van der Waals surface area contributed by atoms with E-state index < -0.39 is 16.1 Å². The Balaban J connectivity index is 1.74. The molecule has 2 aromatic rings. The van der Waals surface area contributed by atoms with Crippen molar-refractivity contribution >= 4 is 32.7 Å². The first-order valence-electron chi connectivity index (χ1n) is 9.14. The molecule has 1 saturated heterocycles. The average Bonchev–Trinajstić information content (AvgIpc) is 3.26. The third-order valence-corrected chi connectivity index (χ3v) is 6.58. The molecule has 0 aliphatic carbocycles. The van der Waals surface area contributed by atoms with Crippen LogP contribution in [-0.2, 0) is 21.2 Å². The fourth-order valence-corrected chi connectivity index (χ4v) is 5.09. The molecule has 1 fully saturated rings. The van der Waals surface area contributed by atoms with Crippen LogP contribution in [0.3, 0.4) is 0 Å². The van der Waals surface area contributed by atoms with Crippen molar-refractivity contribution in [1.82, 2.24) is 9.29 Å². The van der Waals surface area contributed by atoms with Gasteiger partial charge in [0.05, 0.1) is 5.75 Å².